The van der Waals surface area contributed by atoms with Gasteiger partial charge in [-0.3, -0.25) is 19.3 Å². The number of benzene rings is 1. The van der Waals surface area contributed by atoms with Crippen LogP contribution in [0.2, 0.25) is 0 Å². The smallest absolute Gasteiger partial charge is 0.269 e. The van der Waals surface area contributed by atoms with E-state index in [0.717, 1.165) is 91.1 Å². The molecule has 39 heavy (non-hydrogen) atoms. The zero-order valence-electron chi connectivity index (χ0n) is 22.2. The third-order valence-corrected chi connectivity index (χ3v) is 8.67. The van der Waals surface area contributed by atoms with E-state index in [1.54, 1.807) is 0 Å². The van der Waals surface area contributed by atoms with Gasteiger partial charge in [0.2, 0.25) is 0 Å². The summed E-state index contributed by atoms with van der Waals surface area (Å²) in [6, 6.07) is 10.3. The van der Waals surface area contributed by atoms with Crippen molar-refractivity contribution < 1.29 is 9.59 Å². The molecule has 3 aromatic rings. The lowest BCUT2D eigenvalue weighted by Crippen LogP contribution is -2.42. The van der Waals surface area contributed by atoms with Gasteiger partial charge in [-0.15, -0.1) is 0 Å². The van der Waals surface area contributed by atoms with Crippen molar-refractivity contribution in [3.63, 3.8) is 0 Å². The van der Waals surface area contributed by atoms with Crippen molar-refractivity contribution in [1.29, 1.82) is 0 Å². The molecule has 2 fully saturated rings. The number of likely N-dealkylation sites (tertiary alicyclic amines) is 2. The Bertz CT molecular complexity index is 1470. The van der Waals surface area contributed by atoms with Crippen molar-refractivity contribution in [1.82, 2.24) is 29.9 Å². The zero-order valence-corrected chi connectivity index (χ0v) is 22.2. The van der Waals surface area contributed by atoms with Gasteiger partial charge in [0.1, 0.15) is 5.69 Å². The SMILES string of the molecule is O=C1NCCn2nc3c(c21)CCc1cnc(C=Cc2cccc(C(=O)N4CCC[C@@H]4CN4CCCC4)c2)cc1-3. The molecule has 3 aliphatic heterocycles. The average molecular weight is 523 g/mol. The highest BCUT2D eigenvalue weighted by molar-refractivity contribution is 5.97. The number of carbonyl (C=O) groups is 2. The Kier molecular flexibility index (Phi) is 6.27. The van der Waals surface area contributed by atoms with Crippen LogP contribution in [0.3, 0.4) is 0 Å². The highest BCUT2D eigenvalue weighted by Crippen LogP contribution is 2.35. The Morgan fingerprint density at radius 1 is 1.05 bits per heavy atom. The van der Waals surface area contributed by atoms with Crippen LogP contribution in [0.4, 0.5) is 0 Å². The third kappa shape index (κ3) is 4.56. The Morgan fingerprint density at radius 3 is 2.85 bits per heavy atom. The topological polar surface area (TPSA) is 83.4 Å². The molecule has 2 aromatic heterocycles. The maximum Gasteiger partial charge on any atom is 0.269 e. The normalized spacial score (nSPS) is 20.7. The third-order valence-electron chi connectivity index (χ3n) is 8.67. The van der Waals surface area contributed by atoms with Crippen LogP contribution >= 0.6 is 0 Å². The van der Waals surface area contributed by atoms with E-state index in [4.69, 9.17) is 5.10 Å². The van der Waals surface area contributed by atoms with Gasteiger partial charge in [-0.05, 0) is 87.0 Å². The summed E-state index contributed by atoms with van der Waals surface area (Å²) in [5.74, 6) is 0.109. The highest BCUT2D eigenvalue weighted by atomic mass is 16.2. The fraction of sp³-hybridized carbons (Fsp3) is 0.419. The molecule has 0 spiro atoms. The molecule has 8 heteroatoms. The summed E-state index contributed by atoms with van der Waals surface area (Å²) in [5, 5.41) is 7.75. The van der Waals surface area contributed by atoms with Crippen LogP contribution in [0, 0.1) is 0 Å². The molecule has 0 radical (unpaired) electrons. The molecule has 2 amide bonds. The number of nitrogens with one attached hydrogen (secondary N) is 1. The molecule has 0 saturated carbocycles. The van der Waals surface area contributed by atoms with E-state index >= 15 is 0 Å². The number of pyridine rings is 1. The number of carbonyl (C=O) groups excluding carboxylic acids is 2. The predicted octanol–water partition coefficient (Wildman–Crippen LogP) is 3.66. The van der Waals surface area contributed by atoms with Crippen molar-refractivity contribution >= 4 is 24.0 Å². The van der Waals surface area contributed by atoms with E-state index in [0.29, 0.717) is 24.8 Å². The van der Waals surface area contributed by atoms with Crippen LogP contribution in [0.1, 0.15) is 68.9 Å². The standard InChI is InChI=1S/C31H34N6O2/c38-30-29-26-11-9-23-19-33-24(18-27(23)28(26)34-37(29)16-12-32-30)10-8-21-5-3-6-22(17-21)31(39)36-15-4-7-25(36)20-35-13-1-2-14-35/h3,5-6,8,10,17-19,25H,1-2,4,7,9,11-16,20H2,(H,32,38)/t25-/m1/s1. The first-order valence-electron chi connectivity index (χ1n) is 14.3. The summed E-state index contributed by atoms with van der Waals surface area (Å²) in [6.07, 6.45) is 12.3. The Hall–Kier alpha value is -3.78. The highest BCUT2D eigenvalue weighted by Gasteiger charge is 2.32. The Labute approximate surface area is 228 Å². The van der Waals surface area contributed by atoms with Gasteiger partial charge in [-0.25, -0.2) is 0 Å². The molecular formula is C31H34N6O2. The second-order valence-electron chi connectivity index (χ2n) is 11.2. The Balaban J connectivity index is 1.10. The van der Waals surface area contributed by atoms with E-state index in [9.17, 15) is 9.59 Å². The van der Waals surface area contributed by atoms with E-state index < -0.39 is 0 Å². The van der Waals surface area contributed by atoms with Crippen LogP contribution in [0.25, 0.3) is 23.4 Å². The lowest BCUT2D eigenvalue weighted by Gasteiger charge is -2.28. The van der Waals surface area contributed by atoms with Gasteiger partial charge in [-0.2, -0.15) is 5.10 Å². The van der Waals surface area contributed by atoms with Gasteiger partial charge in [0.15, 0.2) is 0 Å². The van der Waals surface area contributed by atoms with Crippen molar-refractivity contribution in [2.45, 2.75) is 51.1 Å². The number of nitrogens with zero attached hydrogens (tertiary/aromatic N) is 5. The van der Waals surface area contributed by atoms with E-state index in [2.05, 4.69) is 26.2 Å². The zero-order chi connectivity index (χ0) is 26.3. The molecular weight excluding hydrogens is 488 g/mol. The fourth-order valence-corrected chi connectivity index (χ4v) is 6.68. The number of rotatable bonds is 5. The molecule has 1 aliphatic carbocycles. The molecule has 1 atom stereocenters. The maximum absolute atomic E-state index is 13.5. The number of hydrogen-bond acceptors (Lipinski definition) is 5. The number of aromatic nitrogens is 3. The first kappa shape index (κ1) is 24.3. The quantitative estimate of drug-likeness (QED) is 0.553. The van der Waals surface area contributed by atoms with Crippen molar-refractivity contribution in [2.75, 3.05) is 32.7 Å². The minimum Gasteiger partial charge on any atom is -0.349 e. The van der Waals surface area contributed by atoms with Crippen molar-refractivity contribution in [3.05, 3.63) is 70.2 Å². The minimum absolute atomic E-state index is 0.0293. The first-order chi connectivity index (χ1) is 19.1. The largest absolute Gasteiger partial charge is 0.349 e. The minimum atomic E-state index is -0.0293. The molecule has 8 nitrogen and oxygen atoms in total. The summed E-state index contributed by atoms with van der Waals surface area (Å²) >= 11 is 0. The number of amides is 2. The molecule has 200 valence electrons. The molecule has 1 N–H and O–H groups in total. The van der Waals surface area contributed by atoms with E-state index in [1.807, 2.05) is 47.3 Å². The second-order valence-corrected chi connectivity index (χ2v) is 11.2. The van der Waals surface area contributed by atoms with Crippen LogP contribution in [0.5, 0.6) is 0 Å². The fourth-order valence-electron chi connectivity index (χ4n) is 6.68. The molecule has 7 rings (SSSR count). The van der Waals surface area contributed by atoms with Gasteiger partial charge in [-0.1, -0.05) is 18.2 Å². The first-order valence-corrected chi connectivity index (χ1v) is 14.3. The van der Waals surface area contributed by atoms with Crippen molar-refractivity contribution in [2.24, 2.45) is 0 Å². The predicted molar refractivity (Wildman–Crippen MR) is 150 cm³/mol. The second kappa shape index (κ2) is 10.1. The molecule has 1 aromatic carbocycles. The number of aryl methyl sites for hydroxylation is 1. The number of fused-ring (bicyclic) bond motifs is 5. The Morgan fingerprint density at radius 2 is 1.95 bits per heavy atom. The summed E-state index contributed by atoms with van der Waals surface area (Å²) in [4.78, 5) is 35.2. The monoisotopic (exact) mass is 522 g/mol. The summed E-state index contributed by atoms with van der Waals surface area (Å²) in [6.45, 7) is 5.48. The lowest BCUT2D eigenvalue weighted by molar-refractivity contribution is 0.0708. The van der Waals surface area contributed by atoms with Crippen LogP contribution in [-0.4, -0.2) is 75.1 Å². The number of hydrogen-bond donors (Lipinski definition) is 1. The average Bonchev–Trinajstić information content (AvgIpc) is 3.72. The molecule has 0 bridgehead atoms. The maximum atomic E-state index is 13.5. The summed E-state index contributed by atoms with van der Waals surface area (Å²) in [7, 11) is 0. The van der Waals surface area contributed by atoms with E-state index in [-0.39, 0.29) is 11.8 Å². The van der Waals surface area contributed by atoms with Gasteiger partial charge in [0.25, 0.3) is 11.8 Å². The molecule has 0 unspecified atom stereocenters. The van der Waals surface area contributed by atoms with Gasteiger partial charge in [0.05, 0.1) is 17.9 Å². The van der Waals surface area contributed by atoms with Crippen LogP contribution in [-0.2, 0) is 19.4 Å². The van der Waals surface area contributed by atoms with Gasteiger partial charge >= 0.3 is 0 Å². The van der Waals surface area contributed by atoms with Gasteiger partial charge < -0.3 is 15.1 Å². The molecule has 4 aliphatic rings. The van der Waals surface area contributed by atoms with E-state index in [1.165, 1.54) is 12.8 Å². The van der Waals surface area contributed by atoms with Crippen LogP contribution in [0.15, 0.2) is 36.5 Å². The van der Waals surface area contributed by atoms with Gasteiger partial charge in [0, 0.05) is 48.6 Å². The molecule has 5 heterocycles. The molecule has 2 saturated heterocycles. The summed E-state index contributed by atoms with van der Waals surface area (Å²) < 4.78 is 1.85. The van der Waals surface area contributed by atoms with Crippen LogP contribution < -0.4 is 5.32 Å². The lowest BCUT2D eigenvalue weighted by atomic mass is 9.89. The summed E-state index contributed by atoms with van der Waals surface area (Å²) in [5.41, 5.74) is 7.43. The van der Waals surface area contributed by atoms with Crippen molar-refractivity contribution in [3.8, 4) is 11.3 Å².